The summed E-state index contributed by atoms with van der Waals surface area (Å²) in [5.41, 5.74) is 2.51. The van der Waals surface area contributed by atoms with Gasteiger partial charge >= 0.3 is 0 Å². The second-order valence-electron chi connectivity index (χ2n) is 5.96. The molecule has 0 amide bonds. The van der Waals surface area contributed by atoms with Gasteiger partial charge in [-0.15, -0.1) is 0 Å². The van der Waals surface area contributed by atoms with E-state index in [1.165, 1.54) is 0 Å². The minimum Gasteiger partial charge on any atom is -0.497 e. The van der Waals surface area contributed by atoms with Gasteiger partial charge in [0.1, 0.15) is 17.3 Å². The summed E-state index contributed by atoms with van der Waals surface area (Å²) < 4.78 is 10.6. The number of benzene rings is 2. The second kappa shape index (κ2) is 7.79. The summed E-state index contributed by atoms with van der Waals surface area (Å²) in [7, 11) is 3.22. The van der Waals surface area contributed by atoms with E-state index < -0.39 is 0 Å². The molecule has 0 saturated carbocycles. The van der Waals surface area contributed by atoms with Crippen molar-refractivity contribution in [3.05, 3.63) is 67.0 Å². The normalized spacial score (nSPS) is 10.5. The summed E-state index contributed by atoms with van der Waals surface area (Å²) in [6.07, 6.45) is 3.46. The number of fused-ring (bicyclic) bond motifs is 1. The molecule has 2 aromatic carbocycles. The standard InChI is InChI=1S/C21H19N5O2/c1-27-15-8-9-16(18(13-15)28-2)25-21-23-12-10-19(26-21)24-17-7-3-5-14-6-4-11-22-20(14)17/h3-13H,1-2H3,(H2,23,24,25,26). The van der Waals surface area contributed by atoms with Crippen LogP contribution in [-0.4, -0.2) is 29.2 Å². The van der Waals surface area contributed by atoms with Gasteiger partial charge in [-0.3, -0.25) is 4.98 Å². The number of aromatic nitrogens is 3. The van der Waals surface area contributed by atoms with Gasteiger partial charge in [-0.25, -0.2) is 4.98 Å². The summed E-state index contributed by atoms with van der Waals surface area (Å²) in [5, 5.41) is 7.55. The molecule has 0 radical (unpaired) electrons. The molecular formula is C21H19N5O2. The van der Waals surface area contributed by atoms with E-state index in [1.54, 1.807) is 38.7 Å². The van der Waals surface area contributed by atoms with Gasteiger partial charge in [-0.1, -0.05) is 18.2 Å². The van der Waals surface area contributed by atoms with Crippen LogP contribution in [0.4, 0.5) is 23.1 Å². The van der Waals surface area contributed by atoms with Crippen LogP contribution in [0.15, 0.2) is 67.0 Å². The third kappa shape index (κ3) is 3.64. The van der Waals surface area contributed by atoms with Gasteiger partial charge in [-0.2, -0.15) is 4.98 Å². The van der Waals surface area contributed by atoms with Crippen molar-refractivity contribution in [1.82, 2.24) is 15.0 Å². The van der Waals surface area contributed by atoms with Crippen LogP contribution in [-0.2, 0) is 0 Å². The van der Waals surface area contributed by atoms with Crippen LogP contribution in [0, 0.1) is 0 Å². The summed E-state index contributed by atoms with van der Waals surface area (Å²) in [6, 6.07) is 17.2. The van der Waals surface area contributed by atoms with Gasteiger partial charge in [-0.05, 0) is 30.3 Å². The quantitative estimate of drug-likeness (QED) is 0.514. The number of rotatable bonds is 6. The molecular weight excluding hydrogens is 354 g/mol. The van der Waals surface area contributed by atoms with Crippen LogP contribution in [0.3, 0.4) is 0 Å². The SMILES string of the molecule is COc1ccc(Nc2nccc(Nc3cccc4cccnc34)n2)c(OC)c1. The number of nitrogens with zero attached hydrogens (tertiary/aromatic N) is 3. The maximum Gasteiger partial charge on any atom is 0.229 e. The molecule has 7 heteroatoms. The van der Waals surface area contributed by atoms with Crippen LogP contribution in [0.1, 0.15) is 0 Å². The highest BCUT2D eigenvalue weighted by Crippen LogP contribution is 2.31. The number of para-hydroxylation sites is 1. The number of methoxy groups -OCH3 is 2. The fourth-order valence-electron chi connectivity index (χ4n) is 2.85. The van der Waals surface area contributed by atoms with Crippen molar-refractivity contribution in [1.29, 1.82) is 0 Å². The number of hydrogen-bond donors (Lipinski definition) is 2. The topological polar surface area (TPSA) is 81.2 Å². The first-order chi connectivity index (χ1) is 13.8. The Balaban J connectivity index is 1.60. The maximum atomic E-state index is 5.41. The van der Waals surface area contributed by atoms with E-state index in [1.807, 2.05) is 42.5 Å². The zero-order chi connectivity index (χ0) is 19.3. The van der Waals surface area contributed by atoms with Crippen molar-refractivity contribution in [3.63, 3.8) is 0 Å². The van der Waals surface area contributed by atoms with Crippen LogP contribution in [0.25, 0.3) is 10.9 Å². The van der Waals surface area contributed by atoms with Crippen molar-refractivity contribution < 1.29 is 9.47 Å². The number of anilines is 4. The third-order valence-corrected chi connectivity index (χ3v) is 4.21. The third-order valence-electron chi connectivity index (χ3n) is 4.21. The predicted molar refractivity (Wildman–Crippen MR) is 110 cm³/mol. The van der Waals surface area contributed by atoms with E-state index in [4.69, 9.17) is 9.47 Å². The Labute approximate surface area is 162 Å². The van der Waals surface area contributed by atoms with Crippen molar-refractivity contribution in [3.8, 4) is 11.5 Å². The number of hydrogen-bond acceptors (Lipinski definition) is 7. The molecule has 0 spiro atoms. The van der Waals surface area contributed by atoms with Gasteiger partial charge < -0.3 is 20.1 Å². The molecule has 140 valence electrons. The summed E-state index contributed by atoms with van der Waals surface area (Å²) in [6.45, 7) is 0. The molecule has 4 aromatic rings. The molecule has 2 heterocycles. The molecule has 0 aliphatic heterocycles. The Morgan fingerprint density at radius 3 is 2.54 bits per heavy atom. The Morgan fingerprint density at radius 2 is 1.68 bits per heavy atom. The first-order valence-electron chi connectivity index (χ1n) is 8.69. The molecule has 0 aliphatic carbocycles. The molecule has 0 saturated heterocycles. The molecule has 0 bridgehead atoms. The fourth-order valence-corrected chi connectivity index (χ4v) is 2.85. The van der Waals surface area contributed by atoms with E-state index in [2.05, 4.69) is 25.6 Å². The van der Waals surface area contributed by atoms with Crippen LogP contribution in [0.5, 0.6) is 11.5 Å². The maximum absolute atomic E-state index is 5.41. The minimum absolute atomic E-state index is 0.446. The largest absolute Gasteiger partial charge is 0.497 e. The van der Waals surface area contributed by atoms with Crippen LogP contribution >= 0.6 is 0 Å². The summed E-state index contributed by atoms with van der Waals surface area (Å²) in [5.74, 6) is 2.45. The van der Waals surface area contributed by atoms with Gasteiger partial charge in [0.05, 0.1) is 31.1 Å². The first kappa shape index (κ1) is 17.5. The van der Waals surface area contributed by atoms with Crippen LogP contribution < -0.4 is 20.1 Å². The van der Waals surface area contributed by atoms with E-state index in [0.717, 1.165) is 22.3 Å². The van der Waals surface area contributed by atoms with Crippen molar-refractivity contribution >= 4 is 34.0 Å². The average Bonchev–Trinajstić information content (AvgIpc) is 2.74. The lowest BCUT2D eigenvalue weighted by Crippen LogP contribution is -2.02. The number of ether oxygens (including phenoxy) is 2. The molecule has 0 aliphatic rings. The lowest BCUT2D eigenvalue weighted by atomic mass is 10.2. The molecule has 0 fully saturated rings. The zero-order valence-electron chi connectivity index (χ0n) is 15.5. The monoisotopic (exact) mass is 373 g/mol. The van der Waals surface area contributed by atoms with Gasteiger partial charge in [0, 0.05) is 23.8 Å². The van der Waals surface area contributed by atoms with Crippen LogP contribution in [0.2, 0.25) is 0 Å². The van der Waals surface area contributed by atoms with Crippen molar-refractivity contribution in [2.45, 2.75) is 0 Å². The van der Waals surface area contributed by atoms with E-state index >= 15 is 0 Å². The number of pyridine rings is 1. The lowest BCUT2D eigenvalue weighted by Gasteiger charge is -2.13. The smallest absolute Gasteiger partial charge is 0.229 e. The molecule has 7 nitrogen and oxygen atoms in total. The zero-order valence-corrected chi connectivity index (χ0v) is 15.5. The van der Waals surface area contributed by atoms with Gasteiger partial charge in [0.2, 0.25) is 5.95 Å². The Morgan fingerprint density at radius 1 is 0.786 bits per heavy atom. The van der Waals surface area contributed by atoms with E-state index in [0.29, 0.717) is 23.3 Å². The lowest BCUT2D eigenvalue weighted by molar-refractivity contribution is 0.395. The van der Waals surface area contributed by atoms with Gasteiger partial charge in [0.15, 0.2) is 0 Å². The van der Waals surface area contributed by atoms with Crippen molar-refractivity contribution in [2.24, 2.45) is 0 Å². The molecule has 4 rings (SSSR count). The van der Waals surface area contributed by atoms with E-state index in [-0.39, 0.29) is 0 Å². The fraction of sp³-hybridized carbons (Fsp3) is 0.0952. The summed E-state index contributed by atoms with van der Waals surface area (Å²) >= 11 is 0. The molecule has 0 unspecified atom stereocenters. The second-order valence-corrected chi connectivity index (χ2v) is 5.96. The Kier molecular flexibility index (Phi) is 4.88. The average molecular weight is 373 g/mol. The first-order valence-corrected chi connectivity index (χ1v) is 8.69. The highest BCUT2D eigenvalue weighted by atomic mass is 16.5. The minimum atomic E-state index is 0.446. The number of nitrogens with one attached hydrogen (secondary N) is 2. The highest BCUT2D eigenvalue weighted by Gasteiger charge is 2.08. The molecule has 2 aromatic heterocycles. The highest BCUT2D eigenvalue weighted by molar-refractivity contribution is 5.91. The Bertz CT molecular complexity index is 1110. The van der Waals surface area contributed by atoms with E-state index in [9.17, 15) is 0 Å². The Hall–Kier alpha value is -3.87. The predicted octanol–water partition coefficient (Wildman–Crippen LogP) is 4.53. The van der Waals surface area contributed by atoms with Crippen molar-refractivity contribution in [2.75, 3.05) is 24.9 Å². The van der Waals surface area contributed by atoms with Gasteiger partial charge in [0.25, 0.3) is 0 Å². The summed E-state index contributed by atoms with van der Waals surface area (Å²) in [4.78, 5) is 13.3. The molecule has 0 atom stereocenters. The molecule has 2 N–H and O–H groups in total. The molecule has 28 heavy (non-hydrogen) atoms.